The Hall–Kier alpha value is -2.66. The lowest BCUT2D eigenvalue weighted by atomic mass is 10.1. The van der Waals surface area contributed by atoms with Crippen LogP contribution in [0.3, 0.4) is 0 Å². The molecule has 2 aromatic carbocycles. The molecule has 3 rings (SSSR count). The number of amides is 1. The van der Waals surface area contributed by atoms with E-state index in [4.69, 9.17) is 4.74 Å². The first-order valence-corrected chi connectivity index (χ1v) is 9.91. The molecule has 2 unspecified atom stereocenters. The third kappa shape index (κ3) is 5.20. The number of rotatable bonds is 8. The Balaban J connectivity index is 1.43. The van der Waals surface area contributed by atoms with Crippen LogP contribution in [0.2, 0.25) is 0 Å². The van der Waals surface area contributed by atoms with Crippen molar-refractivity contribution < 1.29 is 14.3 Å². The summed E-state index contributed by atoms with van der Waals surface area (Å²) in [6, 6.07) is 17.8. The molecule has 1 saturated heterocycles. The van der Waals surface area contributed by atoms with Crippen molar-refractivity contribution in [2.75, 3.05) is 19.7 Å². The topological polar surface area (TPSA) is 58.6 Å². The molecule has 1 N–H and O–H groups in total. The van der Waals surface area contributed by atoms with Gasteiger partial charge in [-0.25, -0.2) is 0 Å². The summed E-state index contributed by atoms with van der Waals surface area (Å²) in [5.74, 6) is 0.571. The fraction of sp³-hybridized carbons (Fsp3) is 0.391. The molecule has 0 bridgehead atoms. The Bertz CT molecular complexity index is 789. The quantitative estimate of drug-likeness (QED) is 0.711. The van der Waals surface area contributed by atoms with Gasteiger partial charge in [-0.2, -0.15) is 0 Å². The summed E-state index contributed by atoms with van der Waals surface area (Å²) in [4.78, 5) is 26.3. The van der Waals surface area contributed by atoms with E-state index in [2.05, 4.69) is 41.4 Å². The number of benzene rings is 2. The molecule has 0 aromatic heterocycles. The van der Waals surface area contributed by atoms with Gasteiger partial charge in [0.05, 0.1) is 0 Å². The van der Waals surface area contributed by atoms with Crippen molar-refractivity contribution in [3.63, 3.8) is 0 Å². The molecule has 2 aromatic rings. The number of hydrogen-bond donors (Lipinski definition) is 1. The monoisotopic (exact) mass is 380 g/mol. The fourth-order valence-corrected chi connectivity index (χ4v) is 3.56. The number of carbonyl (C=O) groups is 2. The van der Waals surface area contributed by atoms with Gasteiger partial charge in [0.1, 0.15) is 5.75 Å². The van der Waals surface area contributed by atoms with Crippen LogP contribution in [0.1, 0.15) is 48.7 Å². The van der Waals surface area contributed by atoms with Gasteiger partial charge in [-0.15, -0.1) is 0 Å². The van der Waals surface area contributed by atoms with E-state index in [1.54, 1.807) is 24.3 Å². The Morgan fingerprint density at radius 1 is 1.14 bits per heavy atom. The lowest BCUT2D eigenvalue weighted by Gasteiger charge is -2.24. The van der Waals surface area contributed by atoms with Gasteiger partial charge in [0.25, 0.3) is 5.91 Å². The molecule has 28 heavy (non-hydrogen) atoms. The summed E-state index contributed by atoms with van der Waals surface area (Å²) in [6.45, 7) is 5.83. The van der Waals surface area contributed by atoms with Crippen LogP contribution in [0.25, 0.3) is 0 Å². The van der Waals surface area contributed by atoms with Gasteiger partial charge in [0.15, 0.2) is 12.4 Å². The van der Waals surface area contributed by atoms with Gasteiger partial charge in [-0.05, 0) is 43.2 Å². The van der Waals surface area contributed by atoms with E-state index in [1.165, 1.54) is 5.56 Å². The number of nitrogens with one attached hydrogen (secondary N) is 1. The van der Waals surface area contributed by atoms with Gasteiger partial charge in [-0.1, -0.05) is 37.3 Å². The van der Waals surface area contributed by atoms with Gasteiger partial charge < -0.3 is 10.1 Å². The van der Waals surface area contributed by atoms with E-state index in [0.29, 0.717) is 23.8 Å². The SMILES string of the molecule is CCC(=O)c1ccc(OCC(=O)NC2CCN(C(C)c3ccccc3)C2)cc1. The molecule has 1 fully saturated rings. The second-order valence-electron chi connectivity index (χ2n) is 7.22. The van der Waals surface area contributed by atoms with Crippen LogP contribution in [0.15, 0.2) is 54.6 Å². The van der Waals surface area contributed by atoms with Crippen LogP contribution in [0.5, 0.6) is 5.75 Å². The van der Waals surface area contributed by atoms with Crippen LogP contribution < -0.4 is 10.1 Å². The summed E-state index contributed by atoms with van der Waals surface area (Å²) in [5.41, 5.74) is 1.96. The minimum atomic E-state index is -0.118. The first-order valence-electron chi connectivity index (χ1n) is 9.91. The van der Waals surface area contributed by atoms with E-state index in [0.717, 1.165) is 19.5 Å². The third-order valence-corrected chi connectivity index (χ3v) is 5.28. The highest BCUT2D eigenvalue weighted by molar-refractivity contribution is 5.95. The van der Waals surface area contributed by atoms with Crippen molar-refractivity contribution in [3.05, 3.63) is 65.7 Å². The molecule has 5 nitrogen and oxygen atoms in total. The number of ether oxygens (including phenoxy) is 1. The highest BCUT2D eigenvalue weighted by atomic mass is 16.5. The number of ketones is 1. The molecule has 1 amide bonds. The molecule has 1 aliphatic rings. The Morgan fingerprint density at radius 2 is 1.86 bits per heavy atom. The summed E-state index contributed by atoms with van der Waals surface area (Å²) < 4.78 is 5.55. The molecule has 0 saturated carbocycles. The van der Waals surface area contributed by atoms with E-state index in [-0.39, 0.29) is 24.3 Å². The highest BCUT2D eigenvalue weighted by Crippen LogP contribution is 2.24. The normalized spacial score (nSPS) is 17.9. The third-order valence-electron chi connectivity index (χ3n) is 5.28. The zero-order chi connectivity index (χ0) is 19.9. The molecule has 148 valence electrons. The average molecular weight is 380 g/mol. The highest BCUT2D eigenvalue weighted by Gasteiger charge is 2.27. The summed E-state index contributed by atoms with van der Waals surface area (Å²) in [7, 11) is 0. The van der Waals surface area contributed by atoms with Crippen molar-refractivity contribution in [1.29, 1.82) is 0 Å². The maximum Gasteiger partial charge on any atom is 0.258 e. The molecule has 1 heterocycles. The average Bonchev–Trinajstić information content (AvgIpc) is 3.20. The lowest BCUT2D eigenvalue weighted by Crippen LogP contribution is -2.40. The zero-order valence-corrected chi connectivity index (χ0v) is 16.6. The van der Waals surface area contributed by atoms with E-state index in [9.17, 15) is 9.59 Å². The van der Waals surface area contributed by atoms with Gasteiger partial charge in [0, 0.05) is 37.2 Å². The zero-order valence-electron chi connectivity index (χ0n) is 16.6. The van der Waals surface area contributed by atoms with Crippen LogP contribution in [-0.4, -0.2) is 42.3 Å². The Kier molecular flexibility index (Phi) is 6.82. The number of hydrogen-bond acceptors (Lipinski definition) is 4. The van der Waals surface area contributed by atoms with Crippen molar-refractivity contribution in [2.24, 2.45) is 0 Å². The summed E-state index contributed by atoms with van der Waals surface area (Å²) >= 11 is 0. The van der Waals surface area contributed by atoms with Gasteiger partial charge in [0.2, 0.25) is 0 Å². The molecule has 2 atom stereocenters. The van der Waals surface area contributed by atoms with Gasteiger partial charge >= 0.3 is 0 Å². The number of likely N-dealkylation sites (tertiary alicyclic amines) is 1. The van der Waals surface area contributed by atoms with Crippen molar-refractivity contribution in [2.45, 2.75) is 38.8 Å². The van der Waals surface area contributed by atoms with E-state index < -0.39 is 0 Å². The minimum Gasteiger partial charge on any atom is -0.484 e. The number of Topliss-reactive ketones (excluding diaryl/α,β-unsaturated/α-hetero) is 1. The number of carbonyl (C=O) groups excluding carboxylic acids is 2. The number of nitrogens with zero attached hydrogens (tertiary/aromatic N) is 1. The van der Waals surface area contributed by atoms with Crippen molar-refractivity contribution in [3.8, 4) is 5.75 Å². The van der Waals surface area contributed by atoms with Crippen molar-refractivity contribution in [1.82, 2.24) is 10.2 Å². The molecule has 0 spiro atoms. The maximum atomic E-state index is 12.2. The molecular weight excluding hydrogens is 352 g/mol. The van der Waals surface area contributed by atoms with Crippen LogP contribution in [0, 0.1) is 0 Å². The van der Waals surface area contributed by atoms with Crippen LogP contribution >= 0.6 is 0 Å². The fourth-order valence-electron chi connectivity index (χ4n) is 3.56. The van der Waals surface area contributed by atoms with Crippen LogP contribution in [-0.2, 0) is 4.79 Å². The largest absolute Gasteiger partial charge is 0.484 e. The van der Waals surface area contributed by atoms with Crippen molar-refractivity contribution >= 4 is 11.7 Å². The molecular formula is C23H28N2O3. The smallest absolute Gasteiger partial charge is 0.258 e. The molecule has 0 radical (unpaired) electrons. The summed E-state index contributed by atoms with van der Waals surface area (Å²) in [6.07, 6.45) is 1.42. The standard InChI is InChI=1S/C23H28N2O3/c1-3-22(26)19-9-11-21(12-10-19)28-16-23(27)24-20-13-14-25(15-20)17(2)18-7-5-4-6-8-18/h4-12,17,20H,3,13-16H2,1-2H3,(H,24,27). The first-order chi connectivity index (χ1) is 13.6. The molecule has 0 aliphatic carbocycles. The molecule has 1 aliphatic heterocycles. The Labute approximate surface area is 166 Å². The van der Waals surface area contributed by atoms with Crippen LogP contribution in [0.4, 0.5) is 0 Å². The van der Waals surface area contributed by atoms with Gasteiger partial charge in [-0.3, -0.25) is 14.5 Å². The minimum absolute atomic E-state index is 0.0220. The second-order valence-corrected chi connectivity index (χ2v) is 7.22. The lowest BCUT2D eigenvalue weighted by molar-refractivity contribution is -0.123. The maximum absolute atomic E-state index is 12.2. The molecule has 5 heteroatoms. The van der Waals surface area contributed by atoms with E-state index in [1.807, 2.05) is 13.0 Å². The predicted molar refractivity (Wildman–Crippen MR) is 110 cm³/mol. The summed E-state index contributed by atoms with van der Waals surface area (Å²) in [5, 5.41) is 3.06. The Morgan fingerprint density at radius 3 is 2.54 bits per heavy atom. The second kappa shape index (κ2) is 9.51. The van der Waals surface area contributed by atoms with E-state index >= 15 is 0 Å². The predicted octanol–water partition coefficient (Wildman–Crippen LogP) is 3.61. The first kappa shape index (κ1) is 20.1.